The molecule has 1 heterocycles. The minimum atomic E-state index is -0.951. The second kappa shape index (κ2) is 9.58. The molecule has 4 rings (SSSR count). The van der Waals surface area contributed by atoms with Crippen LogP contribution in [0.15, 0.2) is 60.7 Å². The van der Waals surface area contributed by atoms with E-state index in [4.69, 9.17) is 16.3 Å². The highest BCUT2D eigenvalue weighted by Crippen LogP contribution is 2.31. The van der Waals surface area contributed by atoms with E-state index in [0.29, 0.717) is 41.1 Å². The fourth-order valence-electron chi connectivity index (χ4n) is 3.68. The number of halogens is 3. The zero-order valence-corrected chi connectivity index (χ0v) is 18.5. The van der Waals surface area contributed by atoms with Gasteiger partial charge in [0.05, 0.1) is 5.56 Å². The summed E-state index contributed by atoms with van der Waals surface area (Å²) in [5, 5.41) is 3.18. The van der Waals surface area contributed by atoms with Crippen LogP contribution in [0.2, 0.25) is 5.02 Å². The molecule has 1 atom stereocenters. The zero-order chi connectivity index (χ0) is 23.5. The standard InChI is InChI=1S/C25H21ClF2N2O3/c1-2-22-25(32)30(13-15-5-3-4-6-20(15)26)14-16-11-18(8-10-23(16)33-22)29-24(31)19-9-7-17(27)12-21(19)28/h3-12,22H,2,13-14H2,1H3,(H,29,31)/t22-/m1/s1. The Morgan fingerprint density at radius 2 is 1.94 bits per heavy atom. The van der Waals surface area contributed by atoms with Gasteiger partial charge in [0.25, 0.3) is 11.8 Å². The molecule has 33 heavy (non-hydrogen) atoms. The summed E-state index contributed by atoms with van der Waals surface area (Å²) in [6.07, 6.45) is -0.165. The topological polar surface area (TPSA) is 58.6 Å². The van der Waals surface area contributed by atoms with E-state index in [0.717, 1.165) is 17.7 Å². The molecule has 3 aromatic carbocycles. The normalized spacial score (nSPS) is 15.5. The van der Waals surface area contributed by atoms with Crippen LogP contribution in [0.25, 0.3) is 0 Å². The molecule has 3 aromatic rings. The highest BCUT2D eigenvalue weighted by Gasteiger charge is 2.30. The first-order chi connectivity index (χ1) is 15.9. The van der Waals surface area contributed by atoms with Gasteiger partial charge in [0.1, 0.15) is 17.4 Å². The van der Waals surface area contributed by atoms with Crippen molar-refractivity contribution in [2.24, 2.45) is 0 Å². The average Bonchev–Trinajstić information content (AvgIpc) is 2.91. The minimum Gasteiger partial charge on any atom is -0.480 e. The largest absolute Gasteiger partial charge is 0.480 e. The minimum absolute atomic E-state index is 0.160. The molecule has 0 fully saturated rings. The van der Waals surface area contributed by atoms with Crippen LogP contribution >= 0.6 is 11.6 Å². The fraction of sp³-hybridized carbons (Fsp3) is 0.200. The predicted octanol–water partition coefficient (Wildman–Crippen LogP) is 5.57. The third kappa shape index (κ3) is 4.98. The predicted molar refractivity (Wildman–Crippen MR) is 121 cm³/mol. The number of hydrogen-bond donors (Lipinski definition) is 1. The maximum Gasteiger partial charge on any atom is 0.264 e. The van der Waals surface area contributed by atoms with Crippen LogP contribution in [-0.4, -0.2) is 22.8 Å². The molecule has 0 aromatic heterocycles. The maximum atomic E-state index is 14.0. The van der Waals surface area contributed by atoms with Crippen LogP contribution in [0.4, 0.5) is 14.5 Å². The van der Waals surface area contributed by atoms with Crippen LogP contribution in [-0.2, 0) is 17.9 Å². The zero-order valence-electron chi connectivity index (χ0n) is 17.8. The average molecular weight is 471 g/mol. The number of benzene rings is 3. The molecule has 0 saturated heterocycles. The van der Waals surface area contributed by atoms with Gasteiger partial charge in [-0.15, -0.1) is 0 Å². The second-order valence-electron chi connectivity index (χ2n) is 7.70. The van der Waals surface area contributed by atoms with Crippen molar-refractivity contribution in [3.8, 4) is 5.75 Å². The van der Waals surface area contributed by atoms with Gasteiger partial charge < -0.3 is 15.0 Å². The van der Waals surface area contributed by atoms with Crippen molar-refractivity contribution < 1.29 is 23.1 Å². The van der Waals surface area contributed by atoms with Gasteiger partial charge in [-0.2, -0.15) is 0 Å². The summed E-state index contributed by atoms with van der Waals surface area (Å²) in [5.74, 6) is -2.05. The Balaban J connectivity index is 1.61. The third-order valence-electron chi connectivity index (χ3n) is 5.40. The summed E-state index contributed by atoms with van der Waals surface area (Å²) in [6.45, 7) is 2.41. The van der Waals surface area contributed by atoms with Crippen LogP contribution in [0.3, 0.4) is 0 Å². The SMILES string of the molecule is CC[C@H]1Oc2ccc(NC(=O)c3ccc(F)cc3F)cc2CN(Cc2ccccc2Cl)C1=O. The lowest BCUT2D eigenvalue weighted by atomic mass is 10.1. The number of nitrogens with one attached hydrogen (secondary N) is 1. The molecule has 0 saturated carbocycles. The molecule has 1 N–H and O–H groups in total. The van der Waals surface area contributed by atoms with E-state index < -0.39 is 23.6 Å². The molecule has 8 heteroatoms. The van der Waals surface area contributed by atoms with Crippen molar-refractivity contribution in [3.63, 3.8) is 0 Å². The quantitative estimate of drug-likeness (QED) is 0.530. The number of rotatable bonds is 5. The van der Waals surface area contributed by atoms with Crippen molar-refractivity contribution >= 4 is 29.1 Å². The Bertz CT molecular complexity index is 1220. The summed E-state index contributed by atoms with van der Waals surface area (Å²) in [7, 11) is 0. The number of anilines is 1. The fourth-order valence-corrected chi connectivity index (χ4v) is 3.88. The van der Waals surface area contributed by atoms with Gasteiger partial charge in [0.2, 0.25) is 0 Å². The number of nitrogens with zero attached hydrogens (tertiary/aromatic N) is 1. The number of hydrogen-bond acceptors (Lipinski definition) is 3. The number of amides is 2. The molecule has 0 radical (unpaired) electrons. The molecule has 1 aliphatic rings. The maximum absolute atomic E-state index is 14.0. The Morgan fingerprint density at radius 3 is 2.67 bits per heavy atom. The van der Waals surface area contributed by atoms with Crippen LogP contribution in [0.1, 0.15) is 34.8 Å². The summed E-state index contributed by atoms with van der Waals surface area (Å²) >= 11 is 6.29. The smallest absolute Gasteiger partial charge is 0.264 e. The van der Waals surface area contributed by atoms with Crippen molar-refractivity contribution in [3.05, 3.63) is 94.0 Å². The molecule has 0 bridgehead atoms. The highest BCUT2D eigenvalue weighted by molar-refractivity contribution is 6.31. The number of carbonyl (C=O) groups excluding carboxylic acids is 2. The van der Waals surface area contributed by atoms with Gasteiger partial charge in [-0.3, -0.25) is 9.59 Å². The van der Waals surface area contributed by atoms with E-state index in [1.165, 1.54) is 0 Å². The van der Waals surface area contributed by atoms with E-state index in [9.17, 15) is 18.4 Å². The molecule has 0 unspecified atom stereocenters. The van der Waals surface area contributed by atoms with Crippen molar-refractivity contribution in [1.29, 1.82) is 0 Å². The second-order valence-corrected chi connectivity index (χ2v) is 8.11. The van der Waals surface area contributed by atoms with E-state index in [1.54, 1.807) is 29.2 Å². The Morgan fingerprint density at radius 1 is 1.15 bits per heavy atom. The first-order valence-corrected chi connectivity index (χ1v) is 10.8. The van der Waals surface area contributed by atoms with Gasteiger partial charge in [-0.1, -0.05) is 36.7 Å². The van der Waals surface area contributed by atoms with E-state index in [2.05, 4.69) is 5.32 Å². The van der Waals surface area contributed by atoms with E-state index in [1.807, 2.05) is 25.1 Å². The first kappa shape index (κ1) is 22.7. The summed E-state index contributed by atoms with van der Waals surface area (Å²) < 4.78 is 33.1. The van der Waals surface area contributed by atoms with Crippen molar-refractivity contribution in [2.75, 3.05) is 5.32 Å². The molecule has 170 valence electrons. The van der Waals surface area contributed by atoms with Crippen LogP contribution in [0, 0.1) is 11.6 Å². The van der Waals surface area contributed by atoms with Gasteiger partial charge in [0.15, 0.2) is 6.10 Å². The molecule has 5 nitrogen and oxygen atoms in total. The van der Waals surface area contributed by atoms with E-state index >= 15 is 0 Å². The lowest BCUT2D eigenvalue weighted by Gasteiger charge is -2.23. The number of carbonyl (C=O) groups is 2. The molecule has 2 amide bonds. The van der Waals surface area contributed by atoms with Gasteiger partial charge in [0, 0.05) is 35.4 Å². The van der Waals surface area contributed by atoms with Gasteiger partial charge in [-0.25, -0.2) is 8.78 Å². The monoisotopic (exact) mass is 470 g/mol. The molecule has 0 aliphatic carbocycles. The van der Waals surface area contributed by atoms with Crippen molar-refractivity contribution in [1.82, 2.24) is 4.90 Å². The molecule has 0 spiro atoms. The summed E-state index contributed by atoms with van der Waals surface area (Å²) in [4.78, 5) is 27.2. The Labute approximate surface area is 194 Å². The van der Waals surface area contributed by atoms with Crippen molar-refractivity contribution in [2.45, 2.75) is 32.5 Å². The first-order valence-electron chi connectivity index (χ1n) is 10.4. The van der Waals surface area contributed by atoms with Gasteiger partial charge >= 0.3 is 0 Å². The lowest BCUT2D eigenvalue weighted by Crippen LogP contribution is -2.38. The van der Waals surface area contributed by atoms with Gasteiger partial charge in [-0.05, 0) is 48.4 Å². The van der Waals surface area contributed by atoms with E-state index in [-0.39, 0.29) is 18.0 Å². The third-order valence-corrected chi connectivity index (χ3v) is 5.77. The molecular weight excluding hydrogens is 450 g/mol. The molecular formula is C25H21ClF2N2O3. The van der Waals surface area contributed by atoms with Crippen LogP contribution < -0.4 is 10.1 Å². The summed E-state index contributed by atoms with van der Waals surface area (Å²) in [6, 6.07) is 15.0. The lowest BCUT2D eigenvalue weighted by molar-refractivity contribution is -0.139. The molecule has 1 aliphatic heterocycles. The highest BCUT2D eigenvalue weighted by atomic mass is 35.5. The Hall–Kier alpha value is -3.45. The summed E-state index contributed by atoms with van der Waals surface area (Å²) in [5.41, 5.74) is 1.61. The number of fused-ring (bicyclic) bond motifs is 1. The van der Waals surface area contributed by atoms with Crippen LogP contribution in [0.5, 0.6) is 5.75 Å². The number of ether oxygens (including phenoxy) is 1. The Kier molecular flexibility index (Phi) is 6.60.